The van der Waals surface area contributed by atoms with E-state index in [1.807, 2.05) is 0 Å². The summed E-state index contributed by atoms with van der Waals surface area (Å²) < 4.78 is 0. The summed E-state index contributed by atoms with van der Waals surface area (Å²) in [5.74, 6) is 3.90. The molecule has 0 spiro atoms. The van der Waals surface area contributed by atoms with Gasteiger partial charge in [0.1, 0.15) is 5.38 Å². The normalized spacial score (nSPS) is 39.5. The average Bonchev–Trinajstić information content (AvgIpc) is 3.17. The van der Waals surface area contributed by atoms with E-state index in [0.717, 1.165) is 30.1 Å². The molecule has 0 aromatic carbocycles. The van der Waals surface area contributed by atoms with Crippen molar-refractivity contribution in [3.63, 3.8) is 0 Å². The van der Waals surface area contributed by atoms with Crippen LogP contribution in [-0.2, 0) is 4.79 Å². The first-order chi connectivity index (χ1) is 16.7. The lowest BCUT2D eigenvalue weighted by Crippen LogP contribution is -2.50. The molecule has 0 aliphatic heterocycles. The predicted octanol–water partition coefficient (Wildman–Crippen LogP) is 10.2. The van der Waals surface area contributed by atoms with Crippen LogP contribution in [0.25, 0.3) is 0 Å². The molecular weight excluding hydrogens is 468 g/mol. The molecule has 3 saturated carbocycles. The molecule has 8 atom stereocenters. The summed E-state index contributed by atoms with van der Waals surface area (Å²) in [6.07, 6.45) is 23.4. The lowest BCUT2D eigenvalue weighted by atomic mass is 9.47. The maximum Gasteiger partial charge on any atom is 0.207 e. The minimum Gasteiger partial charge on any atom is -0.286 e. The molecule has 0 aromatic rings. The number of unbranched alkanes of at least 4 members (excludes halogenated alkanes) is 5. The molecule has 0 heterocycles. The predicted molar refractivity (Wildman–Crippen MR) is 154 cm³/mol. The number of alkyl halides is 1. The molecular formula is C32H53ClOS. The van der Waals surface area contributed by atoms with E-state index in [1.54, 1.807) is 17.3 Å². The lowest BCUT2D eigenvalue weighted by molar-refractivity contribution is -0.111. The second kappa shape index (κ2) is 11.8. The van der Waals surface area contributed by atoms with Crippen molar-refractivity contribution in [2.75, 3.05) is 0 Å². The number of fused-ring (bicyclic) bond motifs is 5. The van der Waals surface area contributed by atoms with Gasteiger partial charge in [0.05, 0.1) is 0 Å². The van der Waals surface area contributed by atoms with Crippen molar-refractivity contribution in [3.8, 4) is 0 Å². The van der Waals surface area contributed by atoms with E-state index in [0.29, 0.717) is 16.1 Å². The van der Waals surface area contributed by atoms with Crippen LogP contribution in [0.2, 0.25) is 0 Å². The summed E-state index contributed by atoms with van der Waals surface area (Å²) in [7, 11) is 0. The van der Waals surface area contributed by atoms with Gasteiger partial charge in [-0.25, -0.2) is 0 Å². The summed E-state index contributed by atoms with van der Waals surface area (Å²) >= 11 is 7.95. The zero-order valence-electron chi connectivity index (χ0n) is 23.4. The molecule has 0 radical (unpaired) electrons. The fourth-order valence-corrected chi connectivity index (χ4v) is 10.4. The summed E-state index contributed by atoms with van der Waals surface area (Å²) in [6.45, 7) is 11.7. The number of carbonyl (C=O) groups is 1. The Hall–Kier alpha value is 0.0500. The second-order valence-electron chi connectivity index (χ2n) is 13.6. The molecule has 4 rings (SSSR count). The van der Waals surface area contributed by atoms with Crippen LogP contribution in [0.15, 0.2) is 11.6 Å². The van der Waals surface area contributed by atoms with Crippen LogP contribution in [0.5, 0.6) is 0 Å². The van der Waals surface area contributed by atoms with Crippen LogP contribution in [0.1, 0.15) is 131 Å². The van der Waals surface area contributed by atoms with E-state index in [-0.39, 0.29) is 16.4 Å². The van der Waals surface area contributed by atoms with E-state index in [4.69, 9.17) is 11.6 Å². The van der Waals surface area contributed by atoms with Gasteiger partial charge in [0.2, 0.25) is 5.12 Å². The maximum absolute atomic E-state index is 12.7. The van der Waals surface area contributed by atoms with E-state index < -0.39 is 0 Å². The van der Waals surface area contributed by atoms with Gasteiger partial charge >= 0.3 is 0 Å². The first-order valence-electron chi connectivity index (χ1n) is 15.2. The highest BCUT2D eigenvalue weighted by Gasteiger charge is 2.58. The van der Waals surface area contributed by atoms with Gasteiger partial charge in [-0.15, -0.1) is 11.6 Å². The third kappa shape index (κ3) is 5.74. The smallest absolute Gasteiger partial charge is 0.207 e. The van der Waals surface area contributed by atoms with Gasteiger partial charge in [-0.3, -0.25) is 4.79 Å². The zero-order valence-corrected chi connectivity index (χ0v) is 25.0. The van der Waals surface area contributed by atoms with Gasteiger partial charge in [-0.1, -0.05) is 96.6 Å². The molecule has 35 heavy (non-hydrogen) atoms. The molecule has 0 aromatic heterocycles. The zero-order chi connectivity index (χ0) is 25.2. The number of hydrogen-bond donors (Lipinski definition) is 0. The molecule has 4 aliphatic carbocycles. The first kappa shape index (κ1) is 28.1. The van der Waals surface area contributed by atoms with Crippen molar-refractivity contribution in [2.45, 2.75) is 142 Å². The van der Waals surface area contributed by atoms with Gasteiger partial charge in [-0.05, 0) is 98.2 Å². The van der Waals surface area contributed by atoms with Crippen LogP contribution in [0.4, 0.5) is 0 Å². The fraction of sp³-hybridized carbons (Fsp3) is 0.906. The van der Waals surface area contributed by atoms with Crippen molar-refractivity contribution in [2.24, 2.45) is 40.4 Å². The summed E-state index contributed by atoms with van der Waals surface area (Å²) in [5.41, 5.74) is 2.66. The van der Waals surface area contributed by atoms with E-state index >= 15 is 0 Å². The standard InChI is InChI=1S/C32H53ClOS/c1-6-7-8-9-10-11-12-23-14-16-27-26-15-13-24-21-25(35-30(34)29(33)22(2)3)17-19-32(24,5)28(26)18-20-31(23,27)4/h13,22-23,25-29H,6-12,14-21H2,1-5H3/t23-,25+,26+,27-,28+,29+,31-,32+/m1/s1. The summed E-state index contributed by atoms with van der Waals surface area (Å²) in [6, 6.07) is 0. The Labute approximate surface area is 226 Å². The summed E-state index contributed by atoms with van der Waals surface area (Å²) in [5, 5.41) is 0.279. The highest BCUT2D eigenvalue weighted by Crippen LogP contribution is 2.67. The van der Waals surface area contributed by atoms with Crippen molar-refractivity contribution < 1.29 is 4.79 Å². The minimum atomic E-state index is -0.347. The molecule has 0 amide bonds. The van der Waals surface area contributed by atoms with Crippen molar-refractivity contribution in [3.05, 3.63) is 11.6 Å². The van der Waals surface area contributed by atoms with E-state index in [1.165, 1.54) is 89.9 Å². The molecule has 0 unspecified atom stereocenters. The molecule has 4 aliphatic rings. The second-order valence-corrected chi connectivity index (χ2v) is 15.4. The number of thioether (sulfide) groups is 1. The maximum atomic E-state index is 12.7. The topological polar surface area (TPSA) is 17.1 Å². The van der Waals surface area contributed by atoms with E-state index in [2.05, 4.69) is 40.7 Å². The van der Waals surface area contributed by atoms with Gasteiger partial charge < -0.3 is 0 Å². The Balaban J connectivity index is 1.36. The number of rotatable bonds is 10. The molecule has 1 nitrogen and oxygen atoms in total. The summed E-state index contributed by atoms with van der Waals surface area (Å²) in [4.78, 5) is 12.7. The minimum absolute atomic E-state index is 0.195. The van der Waals surface area contributed by atoms with Crippen LogP contribution in [0.3, 0.4) is 0 Å². The molecule has 0 N–H and O–H groups in total. The highest BCUT2D eigenvalue weighted by molar-refractivity contribution is 8.14. The molecule has 200 valence electrons. The molecule has 0 bridgehead atoms. The Morgan fingerprint density at radius 2 is 1.77 bits per heavy atom. The van der Waals surface area contributed by atoms with Crippen molar-refractivity contribution in [1.29, 1.82) is 0 Å². The monoisotopic (exact) mass is 520 g/mol. The Morgan fingerprint density at radius 1 is 1.03 bits per heavy atom. The highest BCUT2D eigenvalue weighted by atomic mass is 35.5. The Morgan fingerprint density at radius 3 is 2.51 bits per heavy atom. The van der Waals surface area contributed by atoms with Gasteiger partial charge in [0.25, 0.3) is 0 Å². The third-order valence-corrected chi connectivity index (χ3v) is 13.3. The van der Waals surface area contributed by atoms with Gasteiger partial charge in [-0.2, -0.15) is 0 Å². The van der Waals surface area contributed by atoms with Crippen LogP contribution in [-0.4, -0.2) is 15.7 Å². The van der Waals surface area contributed by atoms with E-state index in [9.17, 15) is 4.79 Å². The lowest BCUT2D eigenvalue weighted by Gasteiger charge is -2.58. The van der Waals surface area contributed by atoms with Crippen LogP contribution < -0.4 is 0 Å². The molecule has 3 heteroatoms. The van der Waals surface area contributed by atoms with Crippen LogP contribution in [0, 0.1) is 40.4 Å². The Kier molecular flexibility index (Phi) is 9.49. The largest absolute Gasteiger partial charge is 0.286 e. The Bertz CT molecular complexity index is 761. The average molecular weight is 521 g/mol. The van der Waals surface area contributed by atoms with Crippen molar-refractivity contribution >= 4 is 28.5 Å². The SMILES string of the molecule is CCCCCCCC[C@@H]1CC[C@@H]2[C@@H]3CC=C4C[C@@H](SC(=O)[C@@H](Cl)C(C)C)CC[C@]4(C)[C@H]3CC[C@]12C. The fourth-order valence-electron chi connectivity index (χ4n) is 8.98. The van der Waals surface area contributed by atoms with Gasteiger partial charge in [0, 0.05) is 5.25 Å². The number of carbonyl (C=O) groups excluding carboxylic acids is 1. The van der Waals surface area contributed by atoms with Crippen LogP contribution >= 0.6 is 23.4 Å². The van der Waals surface area contributed by atoms with Crippen molar-refractivity contribution in [1.82, 2.24) is 0 Å². The number of hydrogen-bond acceptors (Lipinski definition) is 2. The number of allylic oxidation sites excluding steroid dienone is 2. The molecule has 3 fully saturated rings. The van der Waals surface area contributed by atoms with Gasteiger partial charge in [0.15, 0.2) is 0 Å². The first-order valence-corrected chi connectivity index (χ1v) is 16.6. The quantitative estimate of drug-likeness (QED) is 0.162. The molecule has 0 saturated heterocycles. The number of halogens is 1. The third-order valence-electron chi connectivity index (χ3n) is 11.3.